The Morgan fingerprint density at radius 1 is 0.583 bits per heavy atom. The largest absolute Gasteiger partial charge is 0.510 e. The van der Waals surface area contributed by atoms with Crippen LogP contribution in [0.2, 0.25) is 0 Å². The van der Waals surface area contributed by atoms with Crippen molar-refractivity contribution >= 4 is 32.8 Å². The van der Waals surface area contributed by atoms with Gasteiger partial charge in [0.2, 0.25) is 0 Å². The molecule has 0 amide bonds. The van der Waals surface area contributed by atoms with Crippen molar-refractivity contribution in [2.45, 2.75) is 78.1 Å². The molecule has 6 heteroatoms. The second-order valence-electron chi connectivity index (χ2n) is 21.2. The second kappa shape index (κ2) is 19.0. The van der Waals surface area contributed by atoms with Crippen LogP contribution >= 0.6 is 0 Å². The summed E-state index contributed by atoms with van der Waals surface area (Å²) in [5.74, 6) is 1.33. The number of imidazole rings is 1. The summed E-state index contributed by atoms with van der Waals surface area (Å²) in [4.78, 5) is 4.82. The monoisotopic (exact) mass is 1120 g/mol. The van der Waals surface area contributed by atoms with Gasteiger partial charge in [0.15, 0.2) is 0 Å². The van der Waals surface area contributed by atoms with Crippen molar-refractivity contribution in [1.29, 1.82) is 0 Å². The molecule has 3 heterocycles. The molecule has 0 aliphatic heterocycles. The normalized spacial score (nSPS) is 12.9. The minimum absolute atomic E-state index is 0. The third kappa shape index (κ3) is 9.23. The number of nitrogens with zero attached hydrogens (tertiary/aromatic N) is 4. The summed E-state index contributed by atoms with van der Waals surface area (Å²) in [6, 6.07) is 62.5. The first-order valence-corrected chi connectivity index (χ1v) is 24.3. The summed E-state index contributed by atoms with van der Waals surface area (Å²) in [5, 5.41) is 0.993. The van der Waals surface area contributed by atoms with Gasteiger partial charge in [0.05, 0.1) is 22.2 Å². The van der Waals surface area contributed by atoms with Crippen molar-refractivity contribution in [3.8, 4) is 50.9 Å². The van der Waals surface area contributed by atoms with Crippen LogP contribution < -0.4 is 9.30 Å². The Balaban J connectivity index is 0.00000657. The molecular formula is C66H58N4OPt-2. The van der Waals surface area contributed by atoms with Gasteiger partial charge in [-0.1, -0.05) is 200 Å². The first kappa shape index (κ1) is 43.5. The van der Waals surface area contributed by atoms with E-state index in [1.807, 2.05) is 59.2 Å². The molecule has 0 spiro atoms. The molecule has 0 atom stereocenters. The van der Waals surface area contributed by atoms with Crippen LogP contribution in [0.5, 0.6) is 11.5 Å². The van der Waals surface area contributed by atoms with Gasteiger partial charge in [0, 0.05) is 44.3 Å². The number of hydrogen-bond donors (Lipinski definition) is 0. The molecule has 0 fully saturated rings. The van der Waals surface area contributed by atoms with Crippen LogP contribution in [0.3, 0.4) is 0 Å². The van der Waals surface area contributed by atoms with Gasteiger partial charge in [-0.15, -0.1) is 29.7 Å². The van der Waals surface area contributed by atoms with E-state index in [0.717, 1.165) is 44.5 Å². The van der Waals surface area contributed by atoms with Gasteiger partial charge in [0.25, 0.3) is 6.33 Å². The molecule has 0 saturated heterocycles. The summed E-state index contributed by atoms with van der Waals surface area (Å²) >= 11 is 0. The summed E-state index contributed by atoms with van der Waals surface area (Å²) in [7, 11) is 0. The van der Waals surface area contributed by atoms with Gasteiger partial charge >= 0.3 is 0 Å². The van der Waals surface area contributed by atoms with E-state index < -0.39 is 0 Å². The maximum Gasteiger partial charge on any atom is 0.268 e. The number of aromatic nitrogens is 4. The first-order chi connectivity index (χ1) is 35.9. The van der Waals surface area contributed by atoms with Crippen LogP contribution in [0, 0.1) is 18.5 Å². The van der Waals surface area contributed by atoms with Crippen LogP contribution in [0.4, 0.5) is 0 Å². The molecule has 0 bridgehead atoms. The van der Waals surface area contributed by atoms with Gasteiger partial charge in [-0.25, -0.2) is 4.98 Å². The second-order valence-corrected chi connectivity index (χ2v) is 21.2. The molecule has 0 radical (unpaired) electrons. The SMILES string of the molecule is [2H]c1c([2H])c([2H])c2c(c1[2H])c1ccc(Oc3[c-]c(-n4[c-][n+](-c5c(-c6ccccc6)cccc5-c5cc(C(C)(C)C)cc(C(C)(C)C)c5)c5ccccc54)ccc3)[c-]c1n2-c1cc(CC(C)(C)c2ccccc2)ccn1.[Pt]. The van der Waals surface area contributed by atoms with Gasteiger partial charge < -0.3 is 13.9 Å². The average Bonchev–Trinajstić information content (AvgIpc) is 4.12. The smallest absolute Gasteiger partial charge is 0.268 e. The average molecular weight is 1120 g/mol. The van der Waals surface area contributed by atoms with E-state index in [1.165, 1.54) is 16.7 Å². The molecule has 11 rings (SSSR count). The van der Waals surface area contributed by atoms with Crippen molar-refractivity contribution in [3.63, 3.8) is 0 Å². The van der Waals surface area contributed by atoms with Gasteiger partial charge in [-0.2, -0.15) is 18.2 Å². The Hall–Kier alpha value is -7.33. The van der Waals surface area contributed by atoms with Crippen LogP contribution in [0.15, 0.2) is 194 Å². The van der Waals surface area contributed by atoms with Crippen molar-refractivity contribution in [2.24, 2.45) is 0 Å². The van der Waals surface area contributed by atoms with E-state index in [9.17, 15) is 1.37 Å². The quantitative estimate of drug-likeness (QED) is 0.101. The van der Waals surface area contributed by atoms with E-state index in [-0.39, 0.29) is 61.5 Å². The standard InChI is InChI=1S/C66H58N4O.Pt/c1-64(2,3)49-38-47(39-50(40-49)65(4,5)6)55-29-20-28-54(46-21-11-9-12-22-46)63(55)69-44-68(59-31-17-18-32-60(59)69)51-25-19-26-52(41-51)71-53-33-34-57-56-27-15-16-30-58(56)70(61(57)42-53)62-37-45(35-36-67-62)43-66(7,8)48-23-13-10-14-24-48;/h9-40H,43H2,1-8H3;/q-2;/i15D,16D,27D,30D;. The summed E-state index contributed by atoms with van der Waals surface area (Å²) in [6.07, 6.45) is 6.27. The number of para-hydroxylation sites is 4. The fraction of sp³-hybridized carbons (Fsp3) is 0.182. The van der Waals surface area contributed by atoms with Gasteiger partial charge in [-0.3, -0.25) is 4.57 Å². The number of rotatable bonds is 10. The predicted molar refractivity (Wildman–Crippen MR) is 291 cm³/mol. The topological polar surface area (TPSA) is 35.9 Å². The molecule has 11 aromatic rings. The van der Waals surface area contributed by atoms with Crippen LogP contribution in [0.1, 0.15) is 83.1 Å². The van der Waals surface area contributed by atoms with E-state index in [1.54, 1.807) is 16.8 Å². The summed E-state index contributed by atoms with van der Waals surface area (Å²) in [6.45, 7) is 18.1. The van der Waals surface area contributed by atoms with Crippen molar-refractivity contribution in [2.75, 3.05) is 0 Å². The Kier molecular flexibility index (Phi) is 11.5. The summed E-state index contributed by atoms with van der Waals surface area (Å²) < 4.78 is 48.3. The molecule has 360 valence electrons. The van der Waals surface area contributed by atoms with E-state index >= 15 is 0 Å². The minimum Gasteiger partial charge on any atom is -0.510 e. The molecule has 0 saturated carbocycles. The predicted octanol–water partition coefficient (Wildman–Crippen LogP) is 16.0. The first-order valence-electron chi connectivity index (χ1n) is 26.3. The van der Waals surface area contributed by atoms with E-state index in [2.05, 4.69) is 182 Å². The molecule has 3 aromatic heterocycles. The van der Waals surface area contributed by atoms with Crippen molar-refractivity contribution in [3.05, 3.63) is 235 Å². The molecule has 8 aromatic carbocycles. The van der Waals surface area contributed by atoms with Crippen LogP contribution in [-0.2, 0) is 43.7 Å². The zero-order valence-corrected chi connectivity index (χ0v) is 44.2. The fourth-order valence-electron chi connectivity index (χ4n) is 9.77. The van der Waals surface area contributed by atoms with Crippen LogP contribution in [-0.4, -0.2) is 14.1 Å². The zero-order valence-electron chi connectivity index (χ0n) is 45.9. The molecule has 0 unspecified atom stereocenters. The fourth-order valence-corrected chi connectivity index (χ4v) is 9.77. The molecule has 0 aliphatic rings. The van der Waals surface area contributed by atoms with Crippen molar-refractivity contribution in [1.82, 2.24) is 14.1 Å². The molecule has 5 nitrogen and oxygen atoms in total. The number of fused-ring (bicyclic) bond motifs is 4. The van der Waals surface area contributed by atoms with Crippen LogP contribution in [0.25, 0.3) is 72.3 Å². The maximum absolute atomic E-state index is 9.19. The van der Waals surface area contributed by atoms with E-state index in [0.29, 0.717) is 51.2 Å². The Bertz CT molecular complexity index is 3970. The molecule has 72 heavy (non-hydrogen) atoms. The number of hydrogen-bond acceptors (Lipinski definition) is 2. The Morgan fingerprint density at radius 2 is 1.24 bits per heavy atom. The number of ether oxygens (including phenoxy) is 1. The Labute approximate surface area is 444 Å². The zero-order chi connectivity index (χ0) is 52.6. The summed E-state index contributed by atoms with van der Waals surface area (Å²) in [5.41, 5.74) is 13.3. The minimum atomic E-state index is -0.319. The maximum atomic E-state index is 9.19. The van der Waals surface area contributed by atoms with Gasteiger partial charge in [0.1, 0.15) is 5.82 Å². The molecule has 0 aliphatic carbocycles. The molecular weight excluding hydrogens is 1060 g/mol. The van der Waals surface area contributed by atoms with Crippen molar-refractivity contribution < 1.29 is 35.9 Å². The third-order valence-electron chi connectivity index (χ3n) is 13.6. The van der Waals surface area contributed by atoms with Gasteiger partial charge in [-0.05, 0) is 96.4 Å². The third-order valence-corrected chi connectivity index (χ3v) is 13.6. The molecule has 0 N–H and O–H groups in total. The van der Waals surface area contributed by atoms with E-state index in [4.69, 9.17) is 13.8 Å². The number of benzene rings is 8. The number of pyridine rings is 1. The Morgan fingerprint density at radius 3 is 1.97 bits per heavy atom.